The number of rotatable bonds is 3. The average Bonchev–Trinajstić information content (AvgIpc) is 2.81. The first-order valence-corrected chi connectivity index (χ1v) is 6.90. The molecule has 1 unspecified atom stereocenters. The first kappa shape index (κ1) is 13.7. The zero-order valence-electron chi connectivity index (χ0n) is 9.98. The molecule has 1 aromatic rings. The van der Waals surface area contributed by atoms with Crippen LogP contribution in [0.15, 0.2) is 18.2 Å². The number of amides is 2. The lowest BCUT2D eigenvalue weighted by atomic mass is 10.1. The van der Waals surface area contributed by atoms with Crippen LogP contribution < -0.4 is 10.6 Å². The van der Waals surface area contributed by atoms with Crippen molar-refractivity contribution >= 4 is 29.4 Å². The third kappa shape index (κ3) is 3.60. The van der Waals surface area contributed by atoms with E-state index in [-0.39, 0.29) is 17.3 Å². The van der Waals surface area contributed by atoms with Crippen molar-refractivity contribution in [2.75, 3.05) is 16.8 Å². The predicted octanol–water partition coefficient (Wildman–Crippen LogP) is 2.15. The zero-order chi connectivity index (χ0) is 13.8. The van der Waals surface area contributed by atoms with Crippen molar-refractivity contribution in [3.8, 4) is 0 Å². The maximum atomic E-state index is 13.1. The molecule has 1 saturated heterocycles. The molecule has 1 aliphatic heterocycles. The zero-order valence-corrected chi connectivity index (χ0v) is 10.8. The summed E-state index contributed by atoms with van der Waals surface area (Å²) >= 11 is 1.74. The van der Waals surface area contributed by atoms with Crippen LogP contribution in [0, 0.1) is 5.82 Å². The molecule has 1 atom stereocenters. The summed E-state index contributed by atoms with van der Waals surface area (Å²) in [5, 5.41) is 14.1. The van der Waals surface area contributed by atoms with Gasteiger partial charge in [0.15, 0.2) is 0 Å². The van der Waals surface area contributed by atoms with Crippen LogP contribution in [0.4, 0.5) is 14.9 Å². The Hall–Kier alpha value is -1.76. The standard InChI is InChI=1S/C12H13FN2O3S/c13-7-1-2-9(11(16)17)10(5-7)15-12(18)14-8-3-4-19-6-8/h1-2,5,8H,3-4,6H2,(H,16,17)(H2,14,15,18). The van der Waals surface area contributed by atoms with Gasteiger partial charge in [-0.1, -0.05) is 0 Å². The molecule has 2 rings (SSSR count). The highest BCUT2D eigenvalue weighted by molar-refractivity contribution is 7.99. The van der Waals surface area contributed by atoms with E-state index in [1.54, 1.807) is 11.8 Å². The van der Waals surface area contributed by atoms with Crippen LogP contribution in [-0.2, 0) is 0 Å². The van der Waals surface area contributed by atoms with Crippen molar-refractivity contribution in [1.82, 2.24) is 5.32 Å². The number of hydrogen-bond donors (Lipinski definition) is 3. The Morgan fingerprint density at radius 1 is 1.42 bits per heavy atom. The number of hydrogen-bond acceptors (Lipinski definition) is 3. The number of urea groups is 1. The number of aromatic carboxylic acids is 1. The molecule has 0 radical (unpaired) electrons. The molecule has 1 aliphatic rings. The Morgan fingerprint density at radius 2 is 2.21 bits per heavy atom. The van der Waals surface area contributed by atoms with Crippen molar-refractivity contribution in [3.63, 3.8) is 0 Å². The normalized spacial score (nSPS) is 18.1. The van der Waals surface area contributed by atoms with E-state index in [9.17, 15) is 14.0 Å². The third-order valence-corrected chi connectivity index (χ3v) is 3.89. The first-order chi connectivity index (χ1) is 9.06. The molecule has 1 fully saturated rings. The van der Waals surface area contributed by atoms with Crippen LogP contribution in [-0.4, -0.2) is 34.7 Å². The summed E-state index contributed by atoms with van der Waals surface area (Å²) in [4.78, 5) is 22.7. The Bertz CT molecular complexity index is 504. The van der Waals surface area contributed by atoms with Gasteiger partial charge in [-0.2, -0.15) is 11.8 Å². The predicted molar refractivity (Wildman–Crippen MR) is 71.2 cm³/mol. The van der Waals surface area contributed by atoms with Gasteiger partial charge in [0, 0.05) is 11.8 Å². The van der Waals surface area contributed by atoms with Crippen LogP contribution in [0.25, 0.3) is 0 Å². The highest BCUT2D eigenvalue weighted by Crippen LogP contribution is 2.19. The second-order valence-corrected chi connectivity index (χ2v) is 5.30. The van der Waals surface area contributed by atoms with Crippen LogP contribution in [0.5, 0.6) is 0 Å². The number of carbonyl (C=O) groups excluding carboxylic acids is 1. The molecule has 7 heteroatoms. The molecule has 3 N–H and O–H groups in total. The molecular formula is C12H13FN2O3S. The maximum Gasteiger partial charge on any atom is 0.337 e. The molecule has 0 aliphatic carbocycles. The Labute approximate surface area is 113 Å². The summed E-state index contributed by atoms with van der Waals surface area (Å²) in [6, 6.07) is 2.72. The number of carbonyl (C=O) groups is 2. The largest absolute Gasteiger partial charge is 0.478 e. The lowest BCUT2D eigenvalue weighted by molar-refractivity contribution is 0.0698. The molecule has 5 nitrogen and oxygen atoms in total. The molecule has 0 spiro atoms. The Balaban J connectivity index is 2.06. The van der Waals surface area contributed by atoms with Crippen LogP contribution in [0.3, 0.4) is 0 Å². The van der Waals surface area contributed by atoms with Gasteiger partial charge in [-0.3, -0.25) is 0 Å². The van der Waals surface area contributed by atoms with E-state index >= 15 is 0 Å². The summed E-state index contributed by atoms with van der Waals surface area (Å²) in [6.45, 7) is 0. The highest BCUT2D eigenvalue weighted by Gasteiger charge is 2.19. The van der Waals surface area contributed by atoms with E-state index in [0.29, 0.717) is 0 Å². The van der Waals surface area contributed by atoms with Gasteiger partial charge in [0.25, 0.3) is 0 Å². The molecule has 0 saturated carbocycles. The van der Waals surface area contributed by atoms with E-state index in [0.717, 1.165) is 36.1 Å². The van der Waals surface area contributed by atoms with Crippen molar-refractivity contribution in [1.29, 1.82) is 0 Å². The summed E-state index contributed by atoms with van der Waals surface area (Å²) in [5.74, 6) is 0.0108. The minimum absolute atomic E-state index is 0.0457. The number of thioether (sulfide) groups is 1. The SMILES string of the molecule is O=C(Nc1cc(F)ccc1C(=O)O)NC1CCSC1. The molecule has 2 amide bonds. The van der Waals surface area contributed by atoms with E-state index in [1.165, 1.54) is 0 Å². The van der Waals surface area contributed by atoms with Crippen LogP contribution >= 0.6 is 11.8 Å². The molecular weight excluding hydrogens is 271 g/mol. The van der Waals surface area contributed by atoms with Crippen LogP contribution in [0.2, 0.25) is 0 Å². The van der Waals surface area contributed by atoms with Crippen molar-refractivity contribution in [3.05, 3.63) is 29.6 Å². The fourth-order valence-corrected chi connectivity index (χ4v) is 2.95. The van der Waals surface area contributed by atoms with Gasteiger partial charge < -0.3 is 15.7 Å². The van der Waals surface area contributed by atoms with Gasteiger partial charge >= 0.3 is 12.0 Å². The summed E-state index contributed by atoms with van der Waals surface area (Å²) in [5.41, 5.74) is -0.187. The number of benzene rings is 1. The molecule has 0 aromatic heterocycles. The third-order valence-electron chi connectivity index (χ3n) is 2.73. The highest BCUT2D eigenvalue weighted by atomic mass is 32.2. The lowest BCUT2D eigenvalue weighted by Gasteiger charge is -2.13. The van der Waals surface area contributed by atoms with E-state index in [1.807, 2.05) is 0 Å². The smallest absolute Gasteiger partial charge is 0.337 e. The first-order valence-electron chi connectivity index (χ1n) is 5.74. The molecule has 1 heterocycles. The number of carboxylic acids is 1. The molecule has 1 aromatic carbocycles. The molecule has 102 valence electrons. The topological polar surface area (TPSA) is 78.4 Å². The van der Waals surface area contributed by atoms with E-state index in [2.05, 4.69) is 10.6 Å². The van der Waals surface area contributed by atoms with Gasteiger partial charge in [-0.25, -0.2) is 14.0 Å². The molecule has 19 heavy (non-hydrogen) atoms. The minimum atomic E-state index is -1.22. The van der Waals surface area contributed by atoms with Gasteiger partial charge in [-0.15, -0.1) is 0 Å². The van der Waals surface area contributed by atoms with Crippen LogP contribution in [0.1, 0.15) is 16.8 Å². The lowest BCUT2D eigenvalue weighted by Crippen LogP contribution is -2.38. The van der Waals surface area contributed by atoms with Gasteiger partial charge in [0.1, 0.15) is 5.82 Å². The number of anilines is 1. The van der Waals surface area contributed by atoms with Gasteiger partial charge in [0.2, 0.25) is 0 Å². The van der Waals surface area contributed by atoms with E-state index in [4.69, 9.17) is 5.11 Å². The Morgan fingerprint density at radius 3 is 2.84 bits per heavy atom. The number of nitrogens with one attached hydrogen (secondary N) is 2. The van der Waals surface area contributed by atoms with Crippen molar-refractivity contribution in [2.24, 2.45) is 0 Å². The van der Waals surface area contributed by atoms with Crippen molar-refractivity contribution in [2.45, 2.75) is 12.5 Å². The van der Waals surface area contributed by atoms with Gasteiger partial charge in [-0.05, 0) is 30.4 Å². The number of halogens is 1. The average molecular weight is 284 g/mol. The second kappa shape index (κ2) is 5.92. The maximum absolute atomic E-state index is 13.1. The van der Waals surface area contributed by atoms with E-state index < -0.39 is 17.8 Å². The number of carboxylic acid groups (broad SMARTS) is 1. The monoisotopic (exact) mass is 284 g/mol. The molecule has 0 bridgehead atoms. The second-order valence-electron chi connectivity index (χ2n) is 4.15. The summed E-state index contributed by atoms with van der Waals surface area (Å²) < 4.78 is 13.1. The quantitative estimate of drug-likeness (QED) is 0.794. The van der Waals surface area contributed by atoms with Crippen molar-refractivity contribution < 1.29 is 19.1 Å². The summed E-state index contributed by atoms with van der Waals surface area (Å²) in [6.07, 6.45) is 0.882. The fraction of sp³-hybridized carbons (Fsp3) is 0.333. The fourth-order valence-electron chi connectivity index (χ4n) is 1.80. The van der Waals surface area contributed by atoms with Gasteiger partial charge in [0.05, 0.1) is 11.3 Å². The minimum Gasteiger partial charge on any atom is -0.478 e. The Kier molecular flexibility index (Phi) is 4.26. The summed E-state index contributed by atoms with van der Waals surface area (Å²) in [7, 11) is 0.